The van der Waals surface area contributed by atoms with Crippen LogP contribution in [0.2, 0.25) is 5.02 Å². The standard InChI is InChI=1S/C15H17ClN2O4S2/c1-11(19)18(12-5-6-14(22-2)13(16)10-12)8-7-17-24(20,21)15-4-3-9-23-15/h3-6,9-10,17H,7-8H2,1-2H3. The maximum Gasteiger partial charge on any atom is 0.250 e. The van der Waals surface area contributed by atoms with E-state index in [1.165, 1.54) is 25.0 Å². The molecule has 0 saturated heterocycles. The number of ether oxygens (including phenoxy) is 1. The summed E-state index contributed by atoms with van der Waals surface area (Å²) in [5.41, 5.74) is 0.573. The van der Waals surface area contributed by atoms with Gasteiger partial charge in [0.25, 0.3) is 0 Å². The summed E-state index contributed by atoms with van der Waals surface area (Å²) in [5.74, 6) is 0.286. The van der Waals surface area contributed by atoms with E-state index in [0.29, 0.717) is 16.5 Å². The molecule has 0 radical (unpaired) electrons. The maximum atomic E-state index is 12.1. The molecule has 0 unspecified atom stereocenters. The molecule has 0 fully saturated rings. The van der Waals surface area contributed by atoms with E-state index < -0.39 is 10.0 Å². The Hall–Kier alpha value is -1.61. The van der Waals surface area contributed by atoms with Crippen molar-refractivity contribution in [1.82, 2.24) is 4.72 Å². The summed E-state index contributed by atoms with van der Waals surface area (Å²) < 4.78 is 32.0. The predicted octanol–water partition coefficient (Wildman–Crippen LogP) is 2.74. The van der Waals surface area contributed by atoms with E-state index in [2.05, 4.69) is 4.72 Å². The molecule has 1 heterocycles. The largest absolute Gasteiger partial charge is 0.495 e. The number of hydrogen-bond acceptors (Lipinski definition) is 5. The molecule has 2 aromatic rings. The van der Waals surface area contributed by atoms with Crippen molar-refractivity contribution in [1.29, 1.82) is 0 Å². The molecule has 0 saturated carbocycles. The van der Waals surface area contributed by atoms with Crippen molar-refractivity contribution in [2.45, 2.75) is 11.1 Å². The first-order valence-corrected chi connectivity index (χ1v) is 9.74. The Morgan fingerprint density at radius 2 is 2.12 bits per heavy atom. The molecule has 1 N–H and O–H groups in total. The monoisotopic (exact) mass is 388 g/mol. The van der Waals surface area contributed by atoms with Crippen LogP contribution in [0.1, 0.15) is 6.92 Å². The summed E-state index contributed by atoms with van der Waals surface area (Å²) in [4.78, 5) is 13.3. The molecule has 24 heavy (non-hydrogen) atoms. The van der Waals surface area contributed by atoms with E-state index in [1.807, 2.05) is 0 Å². The third kappa shape index (κ3) is 4.47. The van der Waals surface area contributed by atoms with E-state index >= 15 is 0 Å². The third-order valence-corrected chi connectivity index (χ3v) is 6.37. The Morgan fingerprint density at radius 3 is 2.67 bits per heavy atom. The number of rotatable bonds is 7. The Kier molecular flexibility index (Phi) is 6.22. The zero-order chi connectivity index (χ0) is 17.7. The zero-order valence-corrected chi connectivity index (χ0v) is 15.5. The Morgan fingerprint density at radius 1 is 1.38 bits per heavy atom. The molecule has 0 aliphatic carbocycles. The number of thiophene rings is 1. The summed E-state index contributed by atoms with van der Waals surface area (Å²) in [7, 11) is -2.05. The quantitative estimate of drug-likeness (QED) is 0.791. The lowest BCUT2D eigenvalue weighted by Gasteiger charge is -2.22. The van der Waals surface area contributed by atoms with Crippen LogP contribution in [0.5, 0.6) is 5.75 Å². The van der Waals surface area contributed by atoms with Crippen molar-refractivity contribution in [3.63, 3.8) is 0 Å². The molecule has 9 heteroatoms. The van der Waals surface area contributed by atoms with Gasteiger partial charge >= 0.3 is 0 Å². The Balaban J connectivity index is 2.07. The van der Waals surface area contributed by atoms with Gasteiger partial charge in [-0.25, -0.2) is 13.1 Å². The normalized spacial score (nSPS) is 11.3. The van der Waals surface area contributed by atoms with Crippen LogP contribution < -0.4 is 14.4 Å². The van der Waals surface area contributed by atoms with Crippen molar-refractivity contribution < 1.29 is 17.9 Å². The average molecular weight is 389 g/mol. The number of carbonyl (C=O) groups excluding carboxylic acids is 1. The molecule has 0 atom stereocenters. The molecule has 0 aliphatic rings. The lowest BCUT2D eigenvalue weighted by molar-refractivity contribution is -0.116. The number of anilines is 1. The van der Waals surface area contributed by atoms with Gasteiger partial charge in [0.05, 0.1) is 12.1 Å². The Bertz CT molecular complexity index is 807. The van der Waals surface area contributed by atoms with Crippen molar-refractivity contribution in [2.24, 2.45) is 0 Å². The highest BCUT2D eigenvalue weighted by atomic mass is 35.5. The van der Waals surface area contributed by atoms with Crippen LogP contribution in [0.4, 0.5) is 5.69 Å². The second-order valence-electron chi connectivity index (χ2n) is 4.82. The Labute approximate surface area is 150 Å². The fourth-order valence-corrected chi connectivity index (χ4v) is 4.38. The third-order valence-electron chi connectivity index (χ3n) is 3.21. The second-order valence-corrected chi connectivity index (χ2v) is 8.17. The van der Waals surface area contributed by atoms with E-state index in [0.717, 1.165) is 11.3 Å². The van der Waals surface area contributed by atoms with Gasteiger partial charge in [-0.2, -0.15) is 0 Å². The van der Waals surface area contributed by atoms with Gasteiger partial charge in [-0.15, -0.1) is 11.3 Å². The van der Waals surface area contributed by atoms with Crippen molar-refractivity contribution >= 4 is 44.6 Å². The number of nitrogens with one attached hydrogen (secondary N) is 1. The molecule has 1 aromatic heterocycles. The zero-order valence-electron chi connectivity index (χ0n) is 13.2. The summed E-state index contributed by atoms with van der Waals surface area (Å²) >= 11 is 7.21. The molecule has 6 nitrogen and oxygen atoms in total. The van der Waals surface area contributed by atoms with E-state index in [1.54, 1.807) is 29.6 Å². The predicted molar refractivity (Wildman–Crippen MR) is 95.5 cm³/mol. The highest BCUT2D eigenvalue weighted by Crippen LogP contribution is 2.29. The van der Waals surface area contributed by atoms with Gasteiger partial charge < -0.3 is 9.64 Å². The minimum absolute atomic E-state index is 0.0868. The summed E-state index contributed by atoms with van der Waals surface area (Å²) in [5, 5.41) is 2.07. The number of sulfonamides is 1. The van der Waals surface area contributed by atoms with E-state index in [9.17, 15) is 13.2 Å². The van der Waals surface area contributed by atoms with Gasteiger partial charge in [0, 0.05) is 25.7 Å². The van der Waals surface area contributed by atoms with E-state index in [-0.39, 0.29) is 23.2 Å². The SMILES string of the molecule is COc1ccc(N(CCNS(=O)(=O)c2cccs2)C(C)=O)cc1Cl. The van der Waals surface area contributed by atoms with Crippen LogP contribution >= 0.6 is 22.9 Å². The lowest BCUT2D eigenvalue weighted by Crippen LogP contribution is -2.37. The fraction of sp³-hybridized carbons (Fsp3) is 0.267. The fourth-order valence-electron chi connectivity index (χ4n) is 2.07. The summed E-state index contributed by atoms with van der Waals surface area (Å²) in [6.07, 6.45) is 0. The lowest BCUT2D eigenvalue weighted by atomic mass is 10.2. The second kappa shape index (κ2) is 7.98. The van der Waals surface area contributed by atoms with Crippen molar-refractivity contribution in [3.8, 4) is 5.75 Å². The van der Waals surface area contributed by atoms with Crippen LogP contribution in [0.3, 0.4) is 0 Å². The van der Waals surface area contributed by atoms with Crippen LogP contribution in [-0.2, 0) is 14.8 Å². The molecule has 1 amide bonds. The molecular weight excluding hydrogens is 372 g/mol. The number of benzene rings is 1. The molecular formula is C15H17ClN2O4S2. The van der Waals surface area contributed by atoms with Gasteiger partial charge in [0.1, 0.15) is 9.96 Å². The van der Waals surface area contributed by atoms with Gasteiger partial charge in [-0.05, 0) is 29.6 Å². The van der Waals surface area contributed by atoms with E-state index in [4.69, 9.17) is 16.3 Å². The number of amides is 1. The number of nitrogens with zero attached hydrogens (tertiary/aromatic N) is 1. The minimum Gasteiger partial charge on any atom is -0.495 e. The van der Waals surface area contributed by atoms with Gasteiger partial charge in [-0.3, -0.25) is 4.79 Å². The summed E-state index contributed by atoms with van der Waals surface area (Å²) in [6, 6.07) is 8.15. The highest BCUT2D eigenvalue weighted by molar-refractivity contribution is 7.91. The molecule has 0 bridgehead atoms. The molecule has 1 aromatic carbocycles. The number of hydrogen-bond donors (Lipinski definition) is 1. The first-order chi connectivity index (χ1) is 11.3. The number of methoxy groups -OCH3 is 1. The number of halogens is 1. The van der Waals surface area contributed by atoms with Crippen molar-refractivity contribution in [2.75, 3.05) is 25.1 Å². The number of carbonyl (C=O) groups is 1. The first-order valence-electron chi connectivity index (χ1n) is 7.00. The minimum atomic E-state index is -3.55. The molecule has 130 valence electrons. The van der Waals surface area contributed by atoms with Crippen LogP contribution in [0.25, 0.3) is 0 Å². The highest BCUT2D eigenvalue weighted by Gasteiger charge is 2.17. The smallest absolute Gasteiger partial charge is 0.250 e. The van der Waals surface area contributed by atoms with Gasteiger partial charge in [0.15, 0.2) is 0 Å². The van der Waals surface area contributed by atoms with Gasteiger partial charge in [0.2, 0.25) is 15.9 Å². The first kappa shape index (κ1) is 18.7. The molecule has 0 spiro atoms. The molecule has 0 aliphatic heterocycles. The average Bonchev–Trinajstić information content (AvgIpc) is 3.06. The van der Waals surface area contributed by atoms with Gasteiger partial charge in [-0.1, -0.05) is 17.7 Å². The van der Waals surface area contributed by atoms with Crippen LogP contribution in [0.15, 0.2) is 39.9 Å². The molecule has 2 rings (SSSR count). The maximum absolute atomic E-state index is 12.1. The van der Waals surface area contributed by atoms with Crippen LogP contribution in [-0.4, -0.2) is 34.5 Å². The van der Waals surface area contributed by atoms with Crippen LogP contribution in [0, 0.1) is 0 Å². The topological polar surface area (TPSA) is 75.7 Å². The summed E-state index contributed by atoms with van der Waals surface area (Å²) in [6.45, 7) is 1.68. The van der Waals surface area contributed by atoms with Crippen molar-refractivity contribution in [3.05, 3.63) is 40.7 Å².